The number of carbonyl (C=O) groups is 1. The molecule has 1 aliphatic carbocycles. The lowest BCUT2D eigenvalue weighted by Gasteiger charge is -2.22. The smallest absolute Gasteiger partial charge is 0.227 e. The van der Waals surface area contributed by atoms with E-state index in [1.807, 2.05) is 6.92 Å². The van der Waals surface area contributed by atoms with Crippen molar-refractivity contribution in [3.8, 4) is 11.8 Å². The van der Waals surface area contributed by atoms with Gasteiger partial charge in [-0.25, -0.2) is 0 Å². The molecule has 1 aromatic carbocycles. The molecule has 1 aromatic rings. The van der Waals surface area contributed by atoms with Gasteiger partial charge in [0, 0.05) is 24.7 Å². The van der Waals surface area contributed by atoms with Crippen LogP contribution in [0.4, 0.5) is 0 Å². The van der Waals surface area contributed by atoms with E-state index in [0.29, 0.717) is 5.92 Å². The lowest BCUT2D eigenvalue weighted by atomic mass is 9.89. The predicted octanol–water partition coefficient (Wildman–Crippen LogP) is 4.56. The fourth-order valence-electron chi connectivity index (χ4n) is 3.64. The summed E-state index contributed by atoms with van der Waals surface area (Å²) >= 11 is -0.248. The predicted molar refractivity (Wildman–Crippen MR) is 123 cm³/mol. The van der Waals surface area contributed by atoms with Crippen molar-refractivity contribution >= 4 is 36.2 Å². The van der Waals surface area contributed by atoms with Gasteiger partial charge in [-0.3, -0.25) is 4.79 Å². The summed E-state index contributed by atoms with van der Waals surface area (Å²) in [6, 6.07) is 6.66. The highest BCUT2D eigenvalue weighted by molar-refractivity contribution is 14.2. The molecule has 1 saturated carbocycles. The maximum Gasteiger partial charge on any atom is 0.227 e. The highest BCUT2D eigenvalue weighted by Crippen LogP contribution is 2.32. The lowest BCUT2D eigenvalue weighted by Crippen LogP contribution is -2.22. The van der Waals surface area contributed by atoms with Gasteiger partial charge < -0.3 is 10.1 Å². The van der Waals surface area contributed by atoms with Gasteiger partial charge in [-0.2, -0.15) is 0 Å². The summed E-state index contributed by atoms with van der Waals surface area (Å²) in [7, 11) is 0. The summed E-state index contributed by atoms with van der Waals surface area (Å²) in [6.07, 6.45) is 9.77. The minimum absolute atomic E-state index is 0.199. The van der Waals surface area contributed by atoms with Crippen molar-refractivity contribution in [2.45, 2.75) is 39.0 Å². The van der Waals surface area contributed by atoms with E-state index in [9.17, 15) is 4.79 Å². The van der Waals surface area contributed by atoms with Gasteiger partial charge in [0.25, 0.3) is 0 Å². The summed E-state index contributed by atoms with van der Waals surface area (Å²) in [5, 5.41) is 3.15. The molecule has 0 unspecified atom stereocenters. The standard InChI is InChI=1S/C24H26INO2/c1-2-3-19-15-21(7-6-20(19)14-17-9-12-28-13-10-17)22-8-11-25-23(16-22)26-24(27)18-4-5-18/h6-8,11,15-18H,4-5,9-10,12-14H2,1H3,(H,26,27). The summed E-state index contributed by atoms with van der Waals surface area (Å²) in [5.41, 5.74) is 4.80. The van der Waals surface area contributed by atoms with Crippen LogP contribution in [0.15, 0.2) is 34.1 Å². The van der Waals surface area contributed by atoms with E-state index < -0.39 is 0 Å². The van der Waals surface area contributed by atoms with Gasteiger partial charge >= 0.3 is 0 Å². The molecule has 28 heavy (non-hydrogen) atoms. The van der Waals surface area contributed by atoms with Crippen LogP contribution in [0.5, 0.6) is 0 Å². The quantitative estimate of drug-likeness (QED) is 0.376. The highest BCUT2D eigenvalue weighted by Gasteiger charge is 2.29. The Balaban J connectivity index is 1.53. The number of ether oxygens (including phenoxy) is 1. The Morgan fingerprint density at radius 3 is 2.82 bits per heavy atom. The average molecular weight is 487 g/mol. The Hall–Kier alpha value is -1.71. The molecule has 3 aliphatic rings. The number of rotatable bonds is 5. The zero-order valence-electron chi connectivity index (χ0n) is 16.3. The van der Waals surface area contributed by atoms with Crippen LogP contribution in [0.2, 0.25) is 0 Å². The topological polar surface area (TPSA) is 38.3 Å². The highest BCUT2D eigenvalue weighted by atomic mass is 127. The average Bonchev–Trinajstić information content (AvgIpc) is 3.56. The van der Waals surface area contributed by atoms with Crippen molar-refractivity contribution in [3.05, 3.63) is 50.7 Å². The van der Waals surface area contributed by atoms with E-state index in [1.165, 1.54) is 11.1 Å². The van der Waals surface area contributed by atoms with E-state index in [-0.39, 0.29) is 32.6 Å². The second kappa shape index (κ2) is 9.19. The van der Waals surface area contributed by atoms with E-state index in [0.717, 1.165) is 60.2 Å². The van der Waals surface area contributed by atoms with Crippen LogP contribution in [0.1, 0.15) is 49.3 Å². The van der Waals surface area contributed by atoms with Crippen LogP contribution in [-0.4, -0.2) is 23.1 Å². The number of nitrogens with one attached hydrogen (secondary N) is 1. The van der Waals surface area contributed by atoms with E-state index >= 15 is 0 Å². The molecule has 0 radical (unpaired) electrons. The van der Waals surface area contributed by atoms with Crippen molar-refractivity contribution in [2.75, 3.05) is 13.2 Å². The Bertz CT molecular complexity index is 906. The fourth-order valence-corrected chi connectivity index (χ4v) is 5.53. The van der Waals surface area contributed by atoms with Crippen molar-refractivity contribution in [1.29, 1.82) is 0 Å². The zero-order valence-corrected chi connectivity index (χ0v) is 18.4. The molecular weight excluding hydrogens is 461 g/mol. The maximum absolute atomic E-state index is 12.1. The van der Waals surface area contributed by atoms with Crippen LogP contribution < -0.4 is 5.32 Å². The minimum Gasteiger partial charge on any atom is -0.381 e. The van der Waals surface area contributed by atoms with E-state index in [4.69, 9.17) is 4.74 Å². The van der Waals surface area contributed by atoms with Crippen molar-refractivity contribution in [1.82, 2.24) is 5.32 Å². The lowest BCUT2D eigenvalue weighted by molar-refractivity contribution is -0.121. The molecule has 0 bridgehead atoms. The van der Waals surface area contributed by atoms with Crippen molar-refractivity contribution in [2.24, 2.45) is 11.8 Å². The van der Waals surface area contributed by atoms with Gasteiger partial charge in [-0.15, -0.1) is 5.92 Å². The molecule has 4 rings (SSSR count). The first-order chi connectivity index (χ1) is 13.7. The number of allylic oxidation sites excluding steroid dienone is 3. The minimum atomic E-state index is -0.248. The number of hydrogen-bond donors (Lipinski definition) is 1. The number of halogens is 1. The zero-order chi connectivity index (χ0) is 19.3. The molecule has 0 aromatic heterocycles. The van der Waals surface area contributed by atoms with Gasteiger partial charge in [0.2, 0.25) is 5.91 Å². The molecule has 1 amide bonds. The summed E-state index contributed by atoms with van der Waals surface area (Å²) in [6.45, 7) is 3.65. The van der Waals surface area contributed by atoms with Crippen LogP contribution in [-0.2, 0) is 16.0 Å². The van der Waals surface area contributed by atoms with Crippen LogP contribution in [0.25, 0.3) is 5.57 Å². The summed E-state index contributed by atoms with van der Waals surface area (Å²) < 4.78 is 8.83. The first kappa shape index (κ1) is 19.6. The Kier molecular flexibility index (Phi) is 6.43. The second-order valence-corrected chi connectivity index (χ2v) is 10.1. The summed E-state index contributed by atoms with van der Waals surface area (Å²) in [4.78, 5) is 12.1. The molecule has 2 fully saturated rings. The number of hydrogen-bond acceptors (Lipinski definition) is 2. The van der Waals surface area contributed by atoms with Crippen LogP contribution >= 0.6 is 20.7 Å². The third-order valence-electron chi connectivity index (χ3n) is 5.45. The molecule has 1 N–H and O–H groups in total. The molecule has 3 nitrogen and oxygen atoms in total. The molecule has 0 spiro atoms. The third-order valence-corrected chi connectivity index (χ3v) is 7.42. The largest absolute Gasteiger partial charge is 0.381 e. The fraction of sp³-hybridized carbons (Fsp3) is 0.417. The van der Waals surface area contributed by atoms with Crippen molar-refractivity contribution in [3.63, 3.8) is 0 Å². The van der Waals surface area contributed by atoms with E-state index in [2.05, 4.69) is 51.5 Å². The molecule has 4 heteroatoms. The van der Waals surface area contributed by atoms with Gasteiger partial charge in [0.05, 0.1) is 3.70 Å². The Labute approximate surface area is 177 Å². The third kappa shape index (κ3) is 5.01. The molecule has 2 aliphatic heterocycles. The molecular formula is C24H26INO2. The molecule has 146 valence electrons. The van der Waals surface area contributed by atoms with Gasteiger partial charge in [0.1, 0.15) is 0 Å². The SMILES string of the molecule is CC#Cc1cc(C2=CC=IC(NC(=O)C3CC3)=C2)ccc1CC1CCOCC1. The maximum atomic E-state index is 12.1. The Morgan fingerprint density at radius 1 is 1.25 bits per heavy atom. The first-order valence-corrected chi connectivity index (χ1v) is 12.4. The van der Waals surface area contributed by atoms with Gasteiger partial charge in [0.15, 0.2) is 0 Å². The summed E-state index contributed by atoms with van der Waals surface area (Å²) in [5.74, 6) is 7.52. The number of benzene rings is 1. The van der Waals surface area contributed by atoms with Crippen LogP contribution in [0, 0.1) is 23.7 Å². The first-order valence-electron chi connectivity index (χ1n) is 10.1. The second-order valence-electron chi connectivity index (χ2n) is 7.62. The molecule has 1 saturated heterocycles. The molecule has 0 atom stereocenters. The number of carbonyl (C=O) groups excluding carboxylic acids is 1. The normalized spacial score (nSPS) is 19.6. The Morgan fingerprint density at radius 2 is 2.07 bits per heavy atom. The number of amides is 1. The monoisotopic (exact) mass is 487 g/mol. The molecule has 2 heterocycles. The van der Waals surface area contributed by atoms with E-state index in [1.54, 1.807) is 0 Å². The van der Waals surface area contributed by atoms with Crippen molar-refractivity contribution < 1.29 is 9.53 Å². The van der Waals surface area contributed by atoms with Gasteiger partial charge in [-0.05, 0) is 83.9 Å². The van der Waals surface area contributed by atoms with Crippen LogP contribution in [0.3, 0.4) is 0 Å². The van der Waals surface area contributed by atoms with Gasteiger partial charge in [-0.1, -0.05) is 38.8 Å².